The maximum Gasteiger partial charge on any atom is 0.312 e. The van der Waals surface area contributed by atoms with Crippen molar-refractivity contribution in [2.45, 2.75) is 32.4 Å². The highest BCUT2D eigenvalue weighted by Gasteiger charge is 2.24. The summed E-state index contributed by atoms with van der Waals surface area (Å²) in [6.45, 7) is 4.02. The molecular formula is C21H24ClN5O2. The number of hydrogen-bond acceptors (Lipinski definition) is 3. The molecule has 3 amide bonds. The SMILES string of the molecule is CC(C)[C@@H](NC(=O)C[C@H](NC(N)=O)c1ccc(Cl)cc1)c1nc2ccccc2[nH]1. The van der Waals surface area contributed by atoms with Crippen LogP contribution in [0, 0.1) is 5.92 Å². The number of urea groups is 1. The van der Waals surface area contributed by atoms with Crippen LogP contribution in [0.15, 0.2) is 48.5 Å². The van der Waals surface area contributed by atoms with Gasteiger partial charge < -0.3 is 21.4 Å². The highest BCUT2D eigenvalue weighted by molar-refractivity contribution is 6.30. The van der Waals surface area contributed by atoms with Crippen LogP contribution in [0.25, 0.3) is 11.0 Å². The third-order valence-electron chi connectivity index (χ3n) is 4.66. The first kappa shape index (κ1) is 20.7. The number of carbonyl (C=O) groups excluding carboxylic acids is 2. The van der Waals surface area contributed by atoms with Crippen molar-refractivity contribution in [3.8, 4) is 0 Å². The fourth-order valence-electron chi connectivity index (χ4n) is 3.21. The fourth-order valence-corrected chi connectivity index (χ4v) is 3.33. The van der Waals surface area contributed by atoms with Gasteiger partial charge >= 0.3 is 6.03 Å². The molecule has 152 valence electrons. The number of nitrogens with zero attached hydrogens (tertiary/aromatic N) is 1. The maximum absolute atomic E-state index is 12.8. The van der Waals surface area contributed by atoms with E-state index in [4.69, 9.17) is 17.3 Å². The van der Waals surface area contributed by atoms with Crippen LogP contribution in [0.3, 0.4) is 0 Å². The van der Waals surface area contributed by atoms with Gasteiger partial charge in [-0.05, 0) is 35.7 Å². The zero-order chi connectivity index (χ0) is 21.0. The molecule has 1 heterocycles. The van der Waals surface area contributed by atoms with Gasteiger partial charge in [-0.25, -0.2) is 9.78 Å². The standard InChI is InChI=1S/C21H24ClN5O2/c1-12(2)19(20-24-15-5-3-4-6-16(15)25-20)27-18(28)11-17(26-21(23)29)13-7-9-14(22)10-8-13/h3-10,12,17,19H,11H2,1-2H3,(H,24,25)(H,27,28)(H3,23,26,29)/t17-,19+/m0/s1. The predicted octanol–water partition coefficient (Wildman–Crippen LogP) is 3.83. The van der Waals surface area contributed by atoms with E-state index in [1.54, 1.807) is 24.3 Å². The van der Waals surface area contributed by atoms with Crippen molar-refractivity contribution in [2.75, 3.05) is 0 Å². The average Bonchev–Trinajstić information content (AvgIpc) is 3.09. The number of H-pyrrole nitrogens is 1. The van der Waals surface area contributed by atoms with Crippen molar-refractivity contribution >= 4 is 34.6 Å². The van der Waals surface area contributed by atoms with E-state index < -0.39 is 12.1 Å². The van der Waals surface area contributed by atoms with Crippen molar-refractivity contribution < 1.29 is 9.59 Å². The Morgan fingerprint density at radius 3 is 2.41 bits per heavy atom. The zero-order valence-electron chi connectivity index (χ0n) is 16.3. The van der Waals surface area contributed by atoms with Crippen molar-refractivity contribution in [1.82, 2.24) is 20.6 Å². The van der Waals surface area contributed by atoms with Gasteiger partial charge in [0.05, 0.1) is 29.5 Å². The lowest BCUT2D eigenvalue weighted by molar-refractivity contribution is -0.122. The van der Waals surface area contributed by atoms with E-state index in [9.17, 15) is 9.59 Å². The minimum atomic E-state index is -0.699. The van der Waals surface area contributed by atoms with Gasteiger partial charge in [0.2, 0.25) is 5.91 Å². The van der Waals surface area contributed by atoms with Gasteiger partial charge in [0, 0.05) is 5.02 Å². The number of benzene rings is 2. The lowest BCUT2D eigenvalue weighted by Crippen LogP contribution is -2.38. The van der Waals surface area contributed by atoms with E-state index in [1.165, 1.54) is 0 Å². The number of halogens is 1. The van der Waals surface area contributed by atoms with Crippen molar-refractivity contribution in [3.05, 3.63) is 64.9 Å². The summed E-state index contributed by atoms with van der Waals surface area (Å²) in [7, 11) is 0. The van der Waals surface area contributed by atoms with Crippen LogP contribution in [0.2, 0.25) is 5.02 Å². The second kappa shape index (κ2) is 8.96. The molecule has 2 aromatic carbocycles. The Bertz CT molecular complexity index is 967. The molecule has 0 aliphatic heterocycles. The Morgan fingerprint density at radius 2 is 1.79 bits per heavy atom. The van der Waals surface area contributed by atoms with E-state index in [-0.39, 0.29) is 24.3 Å². The number of primary amides is 1. The van der Waals surface area contributed by atoms with E-state index in [2.05, 4.69) is 20.6 Å². The summed E-state index contributed by atoms with van der Waals surface area (Å²) in [5.74, 6) is 0.580. The van der Waals surface area contributed by atoms with Crippen molar-refractivity contribution in [2.24, 2.45) is 11.7 Å². The Kier molecular flexibility index (Phi) is 6.39. The smallest absolute Gasteiger partial charge is 0.312 e. The molecule has 0 aliphatic rings. The van der Waals surface area contributed by atoms with Crippen LogP contribution in [0.4, 0.5) is 4.79 Å². The number of para-hydroxylation sites is 2. The fraction of sp³-hybridized carbons (Fsp3) is 0.286. The molecule has 0 aliphatic carbocycles. The normalized spacial score (nSPS) is 13.2. The number of aromatic amines is 1. The quantitative estimate of drug-likeness (QED) is 0.472. The largest absolute Gasteiger partial charge is 0.352 e. The second-order valence-electron chi connectivity index (χ2n) is 7.25. The number of rotatable bonds is 7. The Balaban J connectivity index is 1.77. The summed E-state index contributed by atoms with van der Waals surface area (Å²) in [4.78, 5) is 32.1. The van der Waals surface area contributed by atoms with E-state index in [0.29, 0.717) is 10.8 Å². The monoisotopic (exact) mass is 413 g/mol. The molecule has 1 aromatic heterocycles. The number of amides is 3. The molecule has 3 rings (SSSR count). The first-order chi connectivity index (χ1) is 13.8. The van der Waals surface area contributed by atoms with Crippen LogP contribution < -0.4 is 16.4 Å². The van der Waals surface area contributed by atoms with E-state index in [0.717, 1.165) is 16.6 Å². The minimum Gasteiger partial charge on any atom is -0.352 e. The average molecular weight is 414 g/mol. The second-order valence-corrected chi connectivity index (χ2v) is 7.68. The summed E-state index contributed by atoms with van der Waals surface area (Å²) in [6, 6.07) is 13.1. The Hall–Kier alpha value is -3.06. The number of aromatic nitrogens is 2. The van der Waals surface area contributed by atoms with Crippen LogP contribution >= 0.6 is 11.6 Å². The summed E-state index contributed by atoms with van der Waals surface area (Å²) in [5.41, 5.74) is 7.80. The lowest BCUT2D eigenvalue weighted by atomic mass is 10.0. The topological polar surface area (TPSA) is 113 Å². The van der Waals surface area contributed by atoms with Gasteiger partial charge in [0.15, 0.2) is 0 Å². The van der Waals surface area contributed by atoms with Gasteiger partial charge in [-0.3, -0.25) is 4.79 Å². The number of imidazole rings is 1. The predicted molar refractivity (Wildman–Crippen MR) is 113 cm³/mol. The highest BCUT2D eigenvalue weighted by atomic mass is 35.5. The summed E-state index contributed by atoms with van der Waals surface area (Å²) < 4.78 is 0. The molecule has 0 radical (unpaired) electrons. The Labute approximate surface area is 174 Å². The Morgan fingerprint density at radius 1 is 1.10 bits per heavy atom. The van der Waals surface area contributed by atoms with E-state index in [1.807, 2.05) is 38.1 Å². The van der Waals surface area contributed by atoms with Gasteiger partial charge in [0.25, 0.3) is 0 Å². The lowest BCUT2D eigenvalue weighted by Gasteiger charge is -2.23. The number of hydrogen-bond donors (Lipinski definition) is 4. The number of nitrogens with one attached hydrogen (secondary N) is 3. The zero-order valence-corrected chi connectivity index (χ0v) is 17.0. The van der Waals surface area contributed by atoms with Crippen LogP contribution in [-0.2, 0) is 4.79 Å². The van der Waals surface area contributed by atoms with Gasteiger partial charge in [0.1, 0.15) is 5.82 Å². The van der Waals surface area contributed by atoms with E-state index >= 15 is 0 Å². The molecule has 0 bridgehead atoms. The summed E-state index contributed by atoms with van der Waals surface area (Å²) >= 11 is 5.93. The highest BCUT2D eigenvalue weighted by Crippen LogP contribution is 2.24. The van der Waals surface area contributed by atoms with Gasteiger partial charge in [-0.1, -0.05) is 49.7 Å². The molecule has 0 fully saturated rings. The number of nitrogens with two attached hydrogens (primary N) is 1. The molecule has 29 heavy (non-hydrogen) atoms. The molecule has 0 saturated carbocycles. The minimum absolute atomic E-state index is 0.0357. The van der Waals surface area contributed by atoms with Gasteiger partial charge in [-0.15, -0.1) is 0 Å². The number of fused-ring (bicyclic) bond motifs is 1. The van der Waals surface area contributed by atoms with Crippen LogP contribution in [0.1, 0.15) is 43.7 Å². The third kappa shape index (κ3) is 5.26. The summed E-state index contributed by atoms with van der Waals surface area (Å²) in [5, 5.41) is 6.22. The van der Waals surface area contributed by atoms with Gasteiger partial charge in [-0.2, -0.15) is 0 Å². The number of carbonyl (C=O) groups is 2. The van der Waals surface area contributed by atoms with Crippen molar-refractivity contribution in [1.29, 1.82) is 0 Å². The first-order valence-corrected chi connectivity index (χ1v) is 9.76. The molecule has 5 N–H and O–H groups in total. The maximum atomic E-state index is 12.8. The molecule has 2 atom stereocenters. The van der Waals surface area contributed by atoms with Crippen LogP contribution in [0.5, 0.6) is 0 Å². The third-order valence-corrected chi connectivity index (χ3v) is 4.92. The van der Waals surface area contributed by atoms with Crippen LogP contribution in [-0.4, -0.2) is 21.9 Å². The first-order valence-electron chi connectivity index (χ1n) is 9.39. The summed E-state index contributed by atoms with van der Waals surface area (Å²) in [6.07, 6.45) is 0.0357. The van der Waals surface area contributed by atoms with Crippen molar-refractivity contribution in [3.63, 3.8) is 0 Å². The molecule has 8 heteroatoms. The molecule has 0 spiro atoms. The molecule has 7 nitrogen and oxygen atoms in total. The molecular weight excluding hydrogens is 390 g/mol. The molecule has 0 saturated heterocycles. The molecule has 0 unspecified atom stereocenters. The molecule has 3 aromatic rings.